The van der Waals surface area contributed by atoms with Crippen molar-refractivity contribution in [2.24, 2.45) is 23.5 Å². The Morgan fingerprint density at radius 1 is 1.18 bits per heavy atom. The molecular formula is C17H20N2O2S. The van der Waals surface area contributed by atoms with E-state index in [1.807, 2.05) is 0 Å². The highest BCUT2D eigenvalue weighted by Crippen LogP contribution is 2.44. The fourth-order valence-electron chi connectivity index (χ4n) is 4.20. The molecule has 0 spiro atoms. The van der Waals surface area contributed by atoms with Gasteiger partial charge in [-0.15, -0.1) is 11.3 Å². The molecule has 2 bridgehead atoms. The Morgan fingerprint density at radius 3 is 2.68 bits per heavy atom. The lowest BCUT2D eigenvalue weighted by Crippen LogP contribution is -2.27. The van der Waals surface area contributed by atoms with Crippen molar-refractivity contribution in [3.63, 3.8) is 0 Å². The van der Waals surface area contributed by atoms with Gasteiger partial charge in [0.25, 0.3) is 5.91 Å². The molecule has 22 heavy (non-hydrogen) atoms. The van der Waals surface area contributed by atoms with Gasteiger partial charge < -0.3 is 11.1 Å². The van der Waals surface area contributed by atoms with E-state index in [2.05, 4.69) is 17.5 Å². The van der Waals surface area contributed by atoms with Crippen molar-refractivity contribution in [2.45, 2.75) is 38.5 Å². The Hall–Kier alpha value is -1.62. The number of aryl methyl sites for hydroxylation is 1. The molecule has 1 fully saturated rings. The zero-order chi connectivity index (χ0) is 15.3. The number of fused-ring (bicyclic) bond motifs is 3. The van der Waals surface area contributed by atoms with Gasteiger partial charge in [0.2, 0.25) is 5.91 Å². The van der Waals surface area contributed by atoms with Crippen LogP contribution in [0.15, 0.2) is 12.2 Å². The van der Waals surface area contributed by atoms with Crippen LogP contribution < -0.4 is 11.1 Å². The fraction of sp³-hybridized carbons (Fsp3) is 0.529. The number of rotatable bonds is 3. The number of carbonyl (C=O) groups is 2. The molecule has 2 amide bonds. The largest absolute Gasteiger partial charge is 0.365 e. The molecule has 1 aromatic heterocycles. The van der Waals surface area contributed by atoms with Gasteiger partial charge in [-0.3, -0.25) is 9.59 Å². The molecular weight excluding hydrogens is 296 g/mol. The topological polar surface area (TPSA) is 72.2 Å². The van der Waals surface area contributed by atoms with Crippen LogP contribution in [0.3, 0.4) is 0 Å². The average molecular weight is 316 g/mol. The predicted molar refractivity (Wildman–Crippen MR) is 87.0 cm³/mol. The number of allylic oxidation sites excluding steroid dienone is 2. The van der Waals surface area contributed by atoms with Crippen molar-refractivity contribution < 1.29 is 9.59 Å². The summed E-state index contributed by atoms with van der Waals surface area (Å²) in [4.78, 5) is 25.7. The van der Waals surface area contributed by atoms with Crippen LogP contribution in [-0.2, 0) is 17.6 Å². The summed E-state index contributed by atoms with van der Waals surface area (Å²) in [6.07, 6.45) is 10.6. The quantitative estimate of drug-likeness (QED) is 0.842. The number of primary amides is 1. The lowest BCUT2D eigenvalue weighted by molar-refractivity contribution is -0.120. The summed E-state index contributed by atoms with van der Waals surface area (Å²) in [6, 6.07) is 0. The van der Waals surface area contributed by atoms with E-state index in [1.165, 1.54) is 4.88 Å². The maximum atomic E-state index is 12.6. The Labute approximate surface area is 133 Å². The highest BCUT2D eigenvalue weighted by atomic mass is 32.1. The third kappa shape index (κ3) is 2.19. The van der Waals surface area contributed by atoms with E-state index in [0.29, 0.717) is 22.4 Å². The number of nitrogens with two attached hydrogens (primary N) is 1. The zero-order valence-electron chi connectivity index (χ0n) is 12.4. The molecule has 1 heterocycles. The monoisotopic (exact) mass is 316 g/mol. The van der Waals surface area contributed by atoms with E-state index in [9.17, 15) is 9.59 Å². The minimum absolute atomic E-state index is 0.0508. The molecule has 0 aromatic carbocycles. The van der Waals surface area contributed by atoms with E-state index in [-0.39, 0.29) is 11.8 Å². The molecule has 3 atom stereocenters. The second kappa shape index (κ2) is 5.23. The predicted octanol–water partition coefficient (Wildman–Crippen LogP) is 2.88. The summed E-state index contributed by atoms with van der Waals surface area (Å²) >= 11 is 1.55. The Bertz CT molecular complexity index is 676. The van der Waals surface area contributed by atoms with E-state index in [1.54, 1.807) is 11.3 Å². The minimum atomic E-state index is -0.414. The Morgan fingerprint density at radius 2 is 2.00 bits per heavy atom. The molecule has 0 saturated heterocycles. The van der Waals surface area contributed by atoms with Crippen molar-refractivity contribution in [3.8, 4) is 0 Å². The number of anilines is 1. The number of thiophene rings is 1. The van der Waals surface area contributed by atoms with Crippen LogP contribution in [0, 0.1) is 17.8 Å². The van der Waals surface area contributed by atoms with Crippen LogP contribution in [0.4, 0.5) is 5.00 Å². The summed E-state index contributed by atoms with van der Waals surface area (Å²) in [7, 11) is 0. The number of hydrogen-bond donors (Lipinski definition) is 2. The zero-order valence-corrected chi connectivity index (χ0v) is 13.2. The summed E-state index contributed by atoms with van der Waals surface area (Å²) in [5.41, 5.74) is 7.22. The van der Waals surface area contributed by atoms with Crippen LogP contribution in [0.25, 0.3) is 0 Å². The molecule has 116 valence electrons. The average Bonchev–Trinajstić information content (AvgIpc) is 3.19. The SMILES string of the molecule is NC(=O)c1c(NC(=O)[C@H]2C[C@@H]3C=C[C@H]2C3)sc2c1CCCC2. The van der Waals surface area contributed by atoms with Crippen LogP contribution in [0.1, 0.15) is 46.5 Å². The molecule has 4 nitrogen and oxygen atoms in total. The van der Waals surface area contributed by atoms with Crippen molar-refractivity contribution in [3.05, 3.63) is 28.2 Å². The van der Waals surface area contributed by atoms with Gasteiger partial charge in [0.1, 0.15) is 5.00 Å². The normalized spacial score (nSPS) is 28.6. The van der Waals surface area contributed by atoms with E-state index < -0.39 is 5.91 Å². The van der Waals surface area contributed by atoms with Crippen molar-refractivity contribution in [2.75, 3.05) is 5.32 Å². The molecule has 0 radical (unpaired) electrons. The number of nitrogens with one attached hydrogen (secondary N) is 1. The molecule has 1 aromatic rings. The summed E-state index contributed by atoms with van der Waals surface area (Å²) < 4.78 is 0. The Kier molecular flexibility index (Phi) is 3.33. The molecule has 3 N–H and O–H groups in total. The van der Waals surface area contributed by atoms with E-state index in [0.717, 1.165) is 44.1 Å². The number of amides is 2. The first-order chi connectivity index (χ1) is 10.6. The van der Waals surface area contributed by atoms with Crippen molar-refractivity contribution >= 4 is 28.2 Å². The van der Waals surface area contributed by atoms with Gasteiger partial charge >= 0.3 is 0 Å². The summed E-state index contributed by atoms with van der Waals surface area (Å²) in [5.74, 6) is 0.625. The molecule has 4 rings (SSSR count). The van der Waals surface area contributed by atoms with Crippen molar-refractivity contribution in [1.82, 2.24) is 0 Å². The smallest absolute Gasteiger partial charge is 0.251 e. The second-order valence-electron chi connectivity index (χ2n) is 6.66. The number of hydrogen-bond acceptors (Lipinski definition) is 3. The summed E-state index contributed by atoms with van der Waals surface area (Å²) in [6.45, 7) is 0. The first-order valence-electron chi connectivity index (χ1n) is 8.07. The fourth-order valence-corrected chi connectivity index (χ4v) is 5.50. The van der Waals surface area contributed by atoms with Gasteiger partial charge in [0.15, 0.2) is 0 Å². The third-order valence-corrected chi connectivity index (χ3v) is 6.48. The molecule has 0 aliphatic heterocycles. The maximum absolute atomic E-state index is 12.6. The van der Waals surface area contributed by atoms with Crippen LogP contribution >= 0.6 is 11.3 Å². The van der Waals surface area contributed by atoms with Gasteiger partial charge in [0.05, 0.1) is 5.56 Å². The molecule has 3 aliphatic carbocycles. The minimum Gasteiger partial charge on any atom is -0.365 e. The van der Waals surface area contributed by atoms with E-state index in [4.69, 9.17) is 5.73 Å². The molecule has 1 saturated carbocycles. The standard InChI is InChI=1S/C17H20N2O2S/c18-15(20)14-11-3-1-2-4-13(11)22-17(14)19-16(21)12-8-9-5-6-10(12)7-9/h5-6,9-10,12H,1-4,7-8H2,(H2,18,20)(H,19,21)/t9-,10+,12+/m1/s1. The molecule has 3 aliphatic rings. The highest BCUT2D eigenvalue weighted by Gasteiger charge is 2.40. The van der Waals surface area contributed by atoms with Gasteiger partial charge in [0, 0.05) is 10.8 Å². The van der Waals surface area contributed by atoms with Crippen LogP contribution in [-0.4, -0.2) is 11.8 Å². The maximum Gasteiger partial charge on any atom is 0.251 e. The Balaban J connectivity index is 1.60. The molecule has 0 unspecified atom stereocenters. The van der Waals surface area contributed by atoms with Crippen LogP contribution in [0.5, 0.6) is 0 Å². The van der Waals surface area contributed by atoms with E-state index >= 15 is 0 Å². The summed E-state index contributed by atoms with van der Waals surface area (Å²) in [5, 5.41) is 3.70. The van der Waals surface area contributed by atoms with Crippen LogP contribution in [0.2, 0.25) is 0 Å². The van der Waals surface area contributed by atoms with Crippen molar-refractivity contribution in [1.29, 1.82) is 0 Å². The first kappa shape index (κ1) is 14.0. The lowest BCUT2D eigenvalue weighted by atomic mass is 9.92. The molecule has 5 heteroatoms. The lowest BCUT2D eigenvalue weighted by Gasteiger charge is -2.17. The van der Waals surface area contributed by atoms with Gasteiger partial charge in [-0.05, 0) is 55.9 Å². The van der Waals surface area contributed by atoms with Gasteiger partial charge in [-0.25, -0.2) is 0 Å². The third-order valence-electron chi connectivity index (χ3n) is 5.27. The first-order valence-corrected chi connectivity index (χ1v) is 8.88. The van der Waals surface area contributed by atoms with Gasteiger partial charge in [-0.2, -0.15) is 0 Å². The number of carbonyl (C=O) groups excluding carboxylic acids is 2. The van der Waals surface area contributed by atoms with Gasteiger partial charge in [-0.1, -0.05) is 12.2 Å². The highest BCUT2D eigenvalue weighted by molar-refractivity contribution is 7.17. The second-order valence-corrected chi connectivity index (χ2v) is 7.76.